The lowest BCUT2D eigenvalue weighted by Crippen LogP contribution is -1.97. The Morgan fingerprint density at radius 3 is 2.92 bits per heavy atom. The van der Waals surface area contributed by atoms with Gasteiger partial charge >= 0.3 is 0 Å². The zero-order valence-corrected chi connectivity index (χ0v) is 7.63. The lowest BCUT2D eigenvalue weighted by molar-refractivity contribution is 0.961. The van der Waals surface area contributed by atoms with Crippen LogP contribution in [0.1, 0.15) is 11.5 Å². The Labute approximate surface area is 75.0 Å². The Kier molecular flexibility index (Phi) is 1.54. The van der Waals surface area contributed by atoms with Gasteiger partial charge in [-0.15, -0.1) is 0 Å². The van der Waals surface area contributed by atoms with Gasteiger partial charge in [-0.25, -0.2) is 9.97 Å². The van der Waals surface area contributed by atoms with Gasteiger partial charge < -0.3 is 0 Å². The molecular weight excluding hydrogens is 174 g/mol. The van der Waals surface area contributed by atoms with Gasteiger partial charge in [-0.1, -0.05) is 11.6 Å². The van der Waals surface area contributed by atoms with Crippen LogP contribution in [0, 0.1) is 13.8 Å². The summed E-state index contributed by atoms with van der Waals surface area (Å²) in [7, 11) is 0. The molecule has 12 heavy (non-hydrogen) atoms. The van der Waals surface area contributed by atoms with E-state index in [0.717, 1.165) is 17.2 Å². The first kappa shape index (κ1) is 7.55. The maximum atomic E-state index is 5.99. The summed E-state index contributed by atoms with van der Waals surface area (Å²) in [5.74, 6) is 0.907. The van der Waals surface area contributed by atoms with Crippen molar-refractivity contribution >= 4 is 17.2 Å². The SMILES string of the molecule is Cc1nc(C)n2ccnc2c1Cl. The first-order chi connectivity index (χ1) is 5.70. The van der Waals surface area contributed by atoms with Gasteiger partial charge in [0.25, 0.3) is 0 Å². The molecule has 0 bridgehead atoms. The predicted octanol–water partition coefficient (Wildman–Crippen LogP) is 2.00. The number of nitrogens with zero attached hydrogens (tertiary/aromatic N) is 3. The Morgan fingerprint density at radius 2 is 2.17 bits per heavy atom. The third-order valence-corrected chi connectivity index (χ3v) is 2.28. The van der Waals surface area contributed by atoms with Gasteiger partial charge in [0.2, 0.25) is 0 Å². The summed E-state index contributed by atoms with van der Waals surface area (Å²) in [6, 6.07) is 0. The smallest absolute Gasteiger partial charge is 0.158 e. The van der Waals surface area contributed by atoms with E-state index in [0.29, 0.717) is 5.02 Å². The standard InChI is InChI=1S/C8H8ClN3/c1-5-7(9)8-10-3-4-12(8)6(2)11-5/h3-4H,1-2H3. The molecule has 0 fully saturated rings. The van der Waals surface area contributed by atoms with Gasteiger partial charge in [-0.05, 0) is 13.8 Å². The molecule has 0 atom stereocenters. The maximum Gasteiger partial charge on any atom is 0.158 e. The van der Waals surface area contributed by atoms with Crippen LogP contribution in [0.2, 0.25) is 5.02 Å². The van der Waals surface area contributed by atoms with Crippen LogP contribution in [0.25, 0.3) is 5.65 Å². The van der Waals surface area contributed by atoms with E-state index in [4.69, 9.17) is 11.6 Å². The Morgan fingerprint density at radius 1 is 1.42 bits per heavy atom. The molecular formula is C8H8ClN3. The lowest BCUT2D eigenvalue weighted by atomic mass is 10.4. The van der Waals surface area contributed by atoms with Crippen molar-refractivity contribution in [3.8, 4) is 0 Å². The lowest BCUT2D eigenvalue weighted by Gasteiger charge is -2.02. The van der Waals surface area contributed by atoms with Crippen molar-refractivity contribution in [3.63, 3.8) is 0 Å². The highest BCUT2D eigenvalue weighted by Gasteiger charge is 2.06. The van der Waals surface area contributed by atoms with Crippen molar-refractivity contribution in [1.82, 2.24) is 14.4 Å². The highest BCUT2D eigenvalue weighted by Crippen LogP contribution is 2.19. The molecule has 0 aliphatic rings. The quantitative estimate of drug-likeness (QED) is 0.622. The summed E-state index contributed by atoms with van der Waals surface area (Å²) in [5, 5.41) is 0.630. The van der Waals surface area contributed by atoms with Crippen LogP contribution in [-0.4, -0.2) is 14.4 Å². The average Bonchev–Trinajstić information content (AvgIpc) is 2.48. The first-order valence-electron chi connectivity index (χ1n) is 3.66. The van der Waals surface area contributed by atoms with Gasteiger partial charge in [0.15, 0.2) is 5.65 Å². The van der Waals surface area contributed by atoms with Crippen molar-refractivity contribution in [1.29, 1.82) is 0 Å². The van der Waals surface area contributed by atoms with Crippen LogP contribution >= 0.6 is 11.6 Å². The zero-order valence-electron chi connectivity index (χ0n) is 6.87. The zero-order chi connectivity index (χ0) is 8.72. The first-order valence-corrected chi connectivity index (χ1v) is 4.03. The van der Waals surface area contributed by atoms with E-state index >= 15 is 0 Å². The van der Waals surface area contributed by atoms with Crippen LogP contribution < -0.4 is 0 Å². The van der Waals surface area contributed by atoms with Crippen molar-refractivity contribution in [2.45, 2.75) is 13.8 Å². The molecule has 62 valence electrons. The third kappa shape index (κ3) is 0.898. The number of fused-ring (bicyclic) bond motifs is 1. The van der Waals surface area contributed by atoms with Gasteiger partial charge in [0.05, 0.1) is 5.69 Å². The minimum Gasteiger partial charge on any atom is -0.287 e. The molecule has 2 heterocycles. The molecule has 0 spiro atoms. The van der Waals surface area contributed by atoms with E-state index in [2.05, 4.69) is 9.97 Å². The third-order valence-electron chi connectivity index (χ3n) is 1.83. The number of aryl methyl sites for hydroxylation is 2. The fraction of sp³-hybridized carbons (Fsp3) is 0.250. The molecule has 0 radical (unpaired) electrons. The van der Waals surface area contributed by atoms with Crippen LogP contribution in [-0.2, 0) is 0 Å². The number of aromatic nitrogens is 3. The Hall–Kier alpha value is -1.09. The number of rotatable bonds is 0. The molecule has 0 aromatic carbocycles. The number of halogens is 1. The second-order valence-corrected chi connectivity index (χ2v) is 3.06. The molecule has 2 aromatic rings. The summed E-state index contributed by atoms with van der Waals surface area (Å²) >= 11 is 5.99. The topological polar surface area (TPSA) is 30.2 Å². The van der Waals surface area contributed by atoms with Gasteiger partial charge in [0.1, 0.15) is 10.8 Å². The van der Waals surface area contributed by atoms with E-state index in [9.17, 15) is 0 Å². The molecule has 0 saturated heterocycles. The highest BCUT2D eigenvalue weighted by molar-refractivity contribution is 6.34. The van der Waals surface area contributed by atoms with Crippen molar-refractivity contribution in [2.24, 2.45) is 0 Å². The van der Waals surface area contributed by atoms with E-state index in [1.807, 2.05) is 24.4 Å². The highest BCUT2D eigenvalue weighted by atomic mass is 35.5. The van der Waals surface area contributed by atoms with Crippen molar-refractivity contribution in [3.05, 3.63) is 28.9 Å². The average molecular weight is 182 g/mol. The van der Waals surface area contributed by atoms with E-state index in [-0.39, 0.29) is 0 Å². The molecule has 0 aliphatic carbocycles. The van der Waals surface area contributed by atoms with Crippen LogP contribution in [0.5, 0.6) is 0 Å². The van der Waals surface area contributed by atoms with Crippen molar-refractivity contribution in [2.75, 3.05) is 0 Å². The normalized spacial score (nSPS) is 10.9. The van der Waals surface area contributed by atoms with Gasteiger partial charge in [-0.3, -0.25) is 4.40 Å². The largest absolute Gasteiger partial charge is 0.287 e. The summed E-state index contributed by atoms with van der Waals surface area (Å²) in [6.07, 6.45) is 3.57. The van der Waals surface area contributed by atoms with Crippen LogP contribution in [0.4, 0.5) is 0 Å². The summed E-state index contributed by atoms with van der Waals surface area (Å²) in [6.45, 7) is 3.81. The minimum absolute atomic E-state index is 0.630. The summed E-state index contributed by atoms with van der Waals surface area (Å²) in [5.41, 5.74) is 1.61. The molecule has 0 unspecified atom stereocenters. The molecule has 2 aromatic heterocycles. The van der Waals surface area contributed by atoms with Crippen LogP contribution in [0.3, 0.4) is 0 Å². The van der Waals surface area contributed by atoms with Crippen LogP contribution in [0.15, 0.2) is 12.4 Å². The fourth-order valence-corrected chi connectivity index (χ4v) is 1.42. The summed E-state index contributed by atoms with van der Waals surface area (Å²) in [4.78, 5) is 8.40. The van der Waals surface area contributed by atoms with E-state index in [1.165, 1.54) is 0 Å². The monoisotopic (exact) mass is 181 g/mol. The summed E-state index contributed by atoms with van der Waals surface area (Å²) < 4.78 is 1.87. The molecule has 0 amide bonds. The second kappa shape index (κ2) is 2.45. The van der Waals surface area contributed by atoms with E-state index < -0.39 is 0 Å². The Balaban J connectivity index is 2.97. The molecule has 4 heteroatoms. The fourth-order valence-electron chi connectivity index (χ4n) is 1.23. The second-order valence-electron chi connectivity index (χ2n) is 2.68. The van der Waals surface area contributed by atoms with Crippen molar-refractivity contribution < 1.29 is 0 Å². The van der Waals surface area contributed by atoms with Gasteiger partial charge in [-0.2, -0.15) is 0 Å². The van der Waals surface area contributed by atoms with Gasteiger partial charge in [0, 0.05) is 12.4 Å². The predicted molar refractivity (Wildman–Crippen MR) is 47.5 cm³/mol. The number of imidazole rings is 1. The number of hydrogen-bond acceptors (Lipinski definition) is 2. The Bertz CT molecular complexity index is 433. The molecule has 3 nitrogen and oxygen atoms in total. The molecule has 2 rings (SSSR count). The van der Waals surface area contributed by atoms with E-state index in [1.54, 1.807) is 6.20 Å². The number of hydrogen-bond donors (Lipinski definition) is 0. The molecule has 0 aliphatic heterocycles. The molecule has 0 saturated carbocycles. The molecule has 0 N–H and O–H groups in total. The minimum atomic E-state index is 0.630. The maximum absolute atomic E-state index is 5.99.